The van der Waals surface area contributed by atoms with Gasteiger partial charge < -0.3 is 10.6 Å². The third kappa shape index (κ3) is 5.55. The standard InChI is InChI=1S/C23H13Cl7N2O2/c24-12-3-10(4-13(25)7-12)19-20(23(19,29)30)22(34)31-16-1-2-17(28)18(9-16)32-21(33)11-5-14(26)8-15(27)6-11/h1-9,19-20H,(H,31,34)(H,32,33)/t19-,20+/m0/s1. The Balaban J connectivity index is 1.51. The van der Waals surface area contributed by atoms with Crippen molar-refractivity contribution in [2.45, 2.75) is 10.3 Å². The van der Waals surface area contributed by atoms with Gasteiger partial charge in [-0.2, -0.15) is 0 Å². The number of carbonyl (C=O) groups is 2. The highest BCUT2D eigenvalue weighted by Crippen LogP contribution is 2.65. The summed E-state index contributed by atoms with van der Waals surface area (Å²) in [6.07, 6.45) is 0. The van der Waals surface area contributed by atoms with Crippen molar-refractivity contribution in [2.75, 3.05) is 10.6 Å². The number of benzene rings is 3. The van der Waals surface area contributed by atoms with Crippen molar-refractivity contribution in [3.05, 3.63) is 90.8 Å². The predicted octanol–water partition coefficient (Wildman–Crippen LogP) is 8.73. The van der Waals surface area contributed by atoms with E-state index in [1.54, 1.807) is 24.3 Å². The molecule has 0 unspecified atom stereocenters. The second-order valence-corrected chi connectivity index (χ2v) is 11.2. The fourth-order valence-electron chi connectivity index (χ4n) is 3.62. The number of halogens is 7. The summed E-state index contributed by atoms with van der Waals surface area (Å²) in [5, 5.41) is 7.17. The van der Waals surface area contributed by atoms with E-state index in [2.05, 4.69) is 10.6 Å². The summed E-state index contributed by atoms with van der Waals surface area (Å²) in [5.41, 5.74) is 1.57. The highest BCUT2D eigenvalue weighted by Gasteiger charge is 2.67. The summed E-state index contributed by atoms with van der Waals surface area (Å²) < 4.78 is -1.33. The molecule has 0 heterocycles. The van der Waals surface area contributed by atoms with Crippen LogP contribution in [0.5, 0.6) is 0 Å². The molecule has 0 saturated heterocycles. The fourth-order valence-corrected chi connectivity index (χ4v) is 5.68. The molecule has 0 radical (unpaired) electrons. The average Bonchev–Trinajstić information content (AvgIpc) is 3.31. The number of nitrogens with one attached hydrogen (secondary N) is 2. The Bertz CT molecular complexity index is 1270. The minimum atomic E-state index is -1.33. The lowest BCUT2D eigenvalue weighted by atomic mass is 10.1. The van der Waals surface area contributed by atoms with Crippen molar-refractivity contribution in [3.8, 4) is 0 Å². The Kier molecular flexibility index (Phi) is 7.52. The molecule has 4 nitrogen and oxygen atoms in total. The Morgan fingerprint density at radius 3 is 1.88 bits per heavy atom. The van der Waals surface area contributed by atoms with Gasteiger partial charge in [0.05, 0.1) is 16.6 Å². The van der Waals surface area contributed by atoms with Crippen LogP contribution in [0, 0.1) is 5.92 Å². The van der Waals surface area contributed by atoms with Crippen LogP contribution in [0.25, 0.3) is 0 Å². The molecule has 34 heavy (non-hydrogen) atoms. The van der Waals surface area contributed by atoms with Gasteiger partial charge in [-0.05, 0) is 60.2 Å². The zero-order valence-electron chi connectivity index (χ0n) is 16.8. The molecule has 11 heteroatoms. The fraction of sp³-hybridized carbons (Fsp3) is 0.130. The summed E-state index contributed by atoms with van der Waals surface area (Å²) in [7, 11) is 0. The van der Waals surface area contributed by atoms with E-state index in [9.17, 15) is 9.59 Å². The summed E-state index contributed by atoms with van der Waals surface area (Å²) >= 11 is 43.1. The molecule has 3 aromatic carbocycles. The van der Waals surface area contributed by atoms with Crippen LogP contribution in [0.2, 0.25) is 25.1 Å². The Morgan fingerprint density at radius 1 is 0.735 bits per heavy atom. The maximum Gasteiger partial charge on any atom is 0.255 e. The Hall–Kier alpha value is -1.37. The molecule has 2 atom stereocenters. The molecule has 1 aliphatic carbocycles. The van der Waals surface area contributed by atoms with E-state index in [1.165, 1.54) is 30.3 Å². The van der Waals surface area contributed by atoms with Gasteiger partial charge in [0.25, 0.3) is 5.91 Å². The average molecular weight is 598 g/mol. The quantitative estimate of drug-likeness (QED) is 0.289. The van der Waals surface area contributed by atoms with Crippen LogP contribution < -0.4 is 10.6 Å². The second kappa shape index (κ2) is 9.94. The van der Waals surface area contributed by atoms with E-state index in [-0.39, 0.29) is 16.3 Å². The van der Waals surface area contributed by atoms with Gasteiger partial charge in [0.2, 0.25) is 5.91 Å². The number of carbonyl (C=O) groups excluding carboxylic acids is 2. The predicted molar refractivity (Wildman–Crippen MR) is 142 cm³/mol. The first kappa shape index (κ1) is 25.7. The number of hydrogen-bond donors (Lipinski definition) is 2. The minimum absolute atomic E-state index is 0.248. The highest BCUT2D eigenvalue weighted by molar-refractivity contribution is 6.53. The lowest BCUT2D eigenvalue weighted by Crippen LogP contribution is -2.17. The first-order valence-electron chi connectivity index (χ1n) is 9.67. The van der Waals surface area contributed by atoms with Crippen molar-refractivity contribution in [3.63, 3.8) is 0 Å². The minimum Gasteiger partial charge on any atom is -0.326 e. The Labute approximate surface area is 230 Å². The van der Waals surface area contributed by atoms with Crippen molar-refractivity contribution in [1.82, 2.24) is 0 Å². The third-order valence-electron chi connectivity index (χ3n) is 5.19. The molecule has 1 fully saturated rings. The van der Waals surface area contributed by atoms with Gasteiger partial charge >= 0.3 is 0 Å². The zero-order chi connectivity index (χ0) is 24.8. The molecule has 0 spiro atoms. The molecule has 1 aliphatic rings. The molecular formula is C23H13Cl7N2O2. The van der Waals surface area contributed by atoms with E-state index in [4.69, 9.17) is 81.2 Å². The van der Waals surface area contributed by atoms with Gasteiger partial charge in [0.1, 0.15) is 4.33 Å². The molecule has 176 valence electrons. The summed E-state index contributed by atoms with van der Waals surface area (Å²) in [4.78, 5) is 25.6. The monoisotopic (exact) mass is 594 g/mol. The number of amides is 2. The first-order chi connectivity index (χ1) is 16.0. The molecule has 0 aliphatic heterocycles. The number of alkyl halides is 2. The molecule has 1 saturated carbocycles. The van der Waals surface area contributed by atoms with E-state index in [0.29, 0.717) is 31.3 Å². The number of rotatable bonds is 5. The van der Waals surface area contributed by atoms with Crippen molar-refractivity contribution >= 4 is 104 Å². The van der Waals surface area contributed by atoms with Gasteiger partial charge in [0.15, 0.2) is 0 Å². The van der Waals surface area contributed by atoms with E-state index in [1.807, 2.05) is 0 Å². The van der Waals surface area contributed by atoms with Crippen LogP contribution in [0.3, 0.4) is 0 Å². The maximum absolute atomic E-state index is 13.0. The van der Waals surface area contributed by atoms with Crippen LogP contribution >= 0.6 is 81.2 Å². The van der Waals surface area contributed by atoms with Crippen LogP contribution in [-0.2, 0) is 4.79 Å². The van der Waals surface area contributed by atoms with Gasteiger partial charge in [-0.1, -0.05) is 58.0 Å². The molecule has 2 N–H and O–H groups in total. The van der Waals surface area contributed by atoms with Gasteiger partial charge in [-0.25, -0.2) is 0 Å². The highest BCUT2D eigenvalue weighted by atomic mass is 35.5. The van der Waals surface area contributed by atoms with Gasteiger partial charge in [0, 0.05) is 37.3 Å². The maximum atomic E-state index is 13.0. The van der Waals surface area contributed by atoms with Crippen molar-refractivity contribution in [1.29, 1.82) is 0 Å². The third-order valence-corrected chi connectivity index (χ3v) is 7.33. The molecule has 3 aromatic rings. The largest absolute Gasteiger partial charge is 0.326 e. The van der Waals surface area contributed by atoms with Crippen LogP contribution in [0.1, 0.15) is 21.8 Å². The summed E-state index contributed by atoms with van der Waals surface area (Å²) in [6, 6.07) is 14.0. The van der Waals surface area contributed by atoms with E-state index >= 15 is 0 Å². The summed E-state index contributed by atoms with van der Waals surface area (Å²) in [6.45, 7) is 0. The second-order valence-electron chi connectivity index (χ2n) is 7.63. The molecule has 0 aromatic heterocycles. The van der Waals surface area contributed by atoms with E-state index in [0.717, 1.165) is 0 Å². The molecule has 2 amide bonds. The smallest absolute Gasteiger partial charge is 0.255 e. The van der Waals surface area contributed by atoms with Crippen LogP contribution in [0.4, 0.5) is 11.4 Å². The van der Waals surface area contributed by atoms with Gasteiger partial charge in [-0.15, -0.1) is 23.2 Å². The van der Waals surface area contributed by atoms with E-state index < -0.39 is 28.0 Å². The lowest BCUT2D eigenvalue weighted by molar-refractivity contribution is -0.117. The molecule has 4 rings (SSSR count). The number of hydrogen-bond acceptors (Lipinski definition) is 2. The van der Waals surface area contributed by atoms with Gasteiger partial charge in [-0.3, -0.25) is 9.59 Å². The zero-order valence-corrected chi connectivity index (χ0v) is 22.1. The first-order valence-corrected chi connectivity index (χ1v) is 12.3. The van der Waals surface area contributed by atoms with Crippen LogP contribution in [-0.4, -0.2) is 16.1 Å². The van der Waals surface area contributed by atoms with Crippen molar-refractivity contribution < 1.29 is 9.59 Å². The topological polar surface area (TPSA) is 58.2 Å². The van der Waals surface area contributed by atoms with Crippen LogP contribution in [0.15, 0.2) is 54.6 Å². The normalized spacial score (nSPS) is 18.3. The summed E-state index contributed by atoms with van der Waals surface area (Å²) in [5.74, 6) is -2.12. The number of anilines is 2. The SMILES string of the molecule is O=C(Nc1cc(NC(=O)[C@H]2[C@H](c3cc(Cl)cc(Cl)c3)C2(Cl)Cl)ccc1Cl)c1cc(Cl)cc(Cl)c1. The Morgan fingerprint density at radius 2 is 1.29 bits per heavy atom. The molecule has 0 bridgehead atoms. The lowest BCUT2D eigenvalue weighted by Gasteiger charge is -2.11. The van der Waals surface area contributed by atoms with Crippen molar-refractivity contribution in [2.24, 2.45) is 5.92 Å². The molecular weight excluding hydrogens is 584 g/mol.